The van der Waals surface area contributed by atoms with Crippen LogP contribution in [0.5, 0.6) is 0 Å². The maximum absolute atomic E-state index is 12.6. The summed E-state index contributed by atoms with van der Waals surface area (Å²) in [4.78, 5) is 0.788. The fraction of sp³-hybridized carbons (Fsp3) is 0.462. The zero-order chi connectivity index (χ0) is 14.0. The molecule has 0 spiro atoms. The average Bonchev–Trinajstić information content (AvgIpc) is 3.04. The van der Waals surface area contributed by atoms with Crippen molar-refractivity contribution >= 4 is 21.4 Å². The molecule has 0 bridgehead atoms. The molecule has 0 aliphatic carbocycles. The molecule has 3 rings (SSSR count). The topological polar surface area (TPSA) is 63.4 Å². The highest BCUT2D eigenvalue weighted by atomic mass is 32.2. The van der Waals surface area contributed by atoms with Crippen molar-refractivity contribution in [3.63, 3.8) is 0 Å². The first-order valence-electron chi connectivity index (χ1n) is 6.69. The summed E-state index contributed by atoms with van der Waals surface area (Å²) >= 11 is 1.23. The first kappa shape index (κ1) is 13.8. The van der Waals surface area contributed by atoms with E-state index in [1.165, 1.54) is 11.3 Å². The normalized spacial score (nSPS) is 18.0. The van der Waals surface area contributed by atoms with E-state index in [1.54, 1.807) is 28.7 Å². The van der Waals surface area contributed by atoms with Crippen LogP contribution in [-0.4, -0.2) is 31.0 Å². The van der Waals surface area contributed by atoms with Gasteiger partial charge in [-0.15, -0.1) is 11.3 Å². The van der Waals surface area contributed by atoms with Crippen LogP contribution in [-0.2, 0) is 10.0 Å². The van der Waals surface area contributed by atoms with E-state index in [0.717, 1.165) is 30.6 Å². The summed E-state index contributed by atoms with van der Waals surface area (Å²) in [5, 5.41) is 3.64. The molecule has 108 valence electrons. The van der Waals surface area contributed by atoms with Crippen molar-refractivity contribution in [2.75, 3.05) is 13.1 Å². The van der Waals surface area contributed by atoms with Crippen molar-refractivity contribution in [3.8, 4) is 10.6 Å². The van der Waals surface area contributed by atoms with E-state index in [-0.39, 0.29) is 0 Å². The molecular weight excluding hydrogens is 296 g/mol. The molecule has 2 aromatic heterocycles. The predicted molar refractivity (Wildman–Crippen MR) is 77.0 cm³/mol. The third-order valence-electron chi connectivity index (χ3n) is 3.42. The fourth-order valence-electron chi connectivity index (χ4n) is 2.34. The zero-order valence-corrected chi connectivity index (χ0v) is 12.6. The Hall–Kier alpha value is -1.18. The fourth-order valence-corrected chi connectivity index (χ4v) is 5.28. The quantitative estimate of drug-likeness (QED) is 0.874. The summed E-state index contributed by atoms with van der Waals surface area (Å²) in [5.74, 6) is 0.604. The van der Waals surface area contributed by atoms with Gasteiger partial charge in [-0.05, 0) is 25.0 Å². The number of sulfonamides is 1. The van der Waals surface area contributed by atoms with E-state index >= 15 is 0 Å². The zero-order valence-electron chi connectivity index (χ0n) is 11.0. The van der Waals surface area contributed by atoms with Gasteiger partial charge in [-0.3, -0.25) is 0 Å². The van der Waals surface area contributed by atoms with E-state index in [2.05, 4.69) is 5.16 Å². The van der Waals surface area contributed by atoms with Crippen LogP contribution in [0.4, 0.5) is 0 Å². The molecule has 3 heterocycles. The molecule has 0 N–H and O–H groups in total. The van der Waals surface area contributed by atoms with Gasteiger partial charge in [-0.1, -0.05) is 18.0 Å². The van der Waals surface area contributed by atoms with Crippen LogP contribution in [0, 0.1) is 0 Å². The number of nitrogens with zero attached hydrogens (tertiary/aromatic N) is 2. The average molecular weight is 312 g/mol. The minimum Gasteiger partial charge on any atom is -0.355 e. The highest BCUT2D eigenvalue weighted by molar-refractivity contribution is 7.91. The van der Waals surface area contributed by atoms with Gasteiger partial charge in [-0.2, -0.15) is 4.31 Å². The Balaban J connectivity index is 1.87. The molecule has 1 saturated heterocycles. The van der Waals surface area contributed by atoms with E-state index in [4.69, 9.17) is 4.52 Å². The third-order valence-corrected chi connectivity index (χ3v) is 6.89. The number of hydrogen-bond donors (Lipinski definition) is 0. The number of thiophene rings is 1. The molecule has 1 fully saturated rings. The van der Waals surface area contributed by atoms with Crippen LogP contribution in [0.1, 0.15) is 25.7 Å². The van der Waals surface area contributed by atoms with Gasteiger partial charge in [0.25, 0.3) is 10.0 Å². The Bertz CT molecular complexity index is 654. The van der Waals surface area contributed by atoms with Crippen LogP contribution < -0.4 is 0 Å². The molecule has 0 unspecified atom stereocenters. The summed E-state index contributed by atoms with van der Waals surface area (Å²) in [6.45, 7) is 1.25. The predicted octanol–water partition coefficient (Wildman–Crippen LogP) is 2.97. The Kier molecular flexibility index (Phi) is 3.91. The van der Waals surface area contributed by atoms with Crippen molar-refractivity contribution < 1.29 is 12.9 Å². The molecular formula is C13H16N2O3S2. The first-order valence-corrected chi connectivity index (χ1v) is 8.94. The van der Waals surface area contributed by atoms with Gasteiger partial charge in [0.2, 0.25) is 0 Å². The van der Waals surface area contributed by atoms with Gasteiger partial charge in [0, 0.05) is 19.2 Å². The highest BCUT2D eigenvalue weighted by Crippen LogP contribution is 2.32. The van der Waals surface area contributed by atoms with E-state index < -0.39 is 10.0 Å². The van der Waals surface area contributed by atoms with Crippen molar-refractivity contribution in [2.24, 2.45) is 0 Å². The molecule has 2 aromatic rings. The second-order valence-corrected chi connectivity index (χ2v) is 8.06. The molecule has 0 radical (unpaired) electrons. The second-order valence-electron chi connectivity index (χ2n) is 4.81. The largest absolute Gasteiger partial charge is 0.355 e. The lowest BCUT2D eigenvalue weighted by Crippen LogP contribution is -2.31. The number of aromatic nitrogens is 1. The molecule has 0 amide bonds. The monoisotopic (exact) mass is 312 g/mol. The van der Waals surface area contributed by atoms with Gasteiger partial charge < -0.3 is 4.52 Å². The molecule has 0 saturated carbocycles. The number of rotatable bonds is 3. The van der Waals surface area contributed by atoms with Gasteiger partial charge in [0.05, 0.1) is 11.1 Å². The van der Waals surface area contributed by atoms with Gasteiger partial charge in [0.1, 0.15) is 4.21 Å². The Labute approximate surface area is 122 Å². The van der Waals surface area contributed by atoms with Crippen LogP contribution in [0.15, 0.2) is 33.1 Å². The molecule has 5 nitrogen and oxygen atoms in total. The molecule has 0 atom stereocenters. The summed E-state index contributed by atoms with van der Waals surface area (Å²) in [7, 11) is -3.37. The maximum Gasteiger partial charge on any atom is 0.252 e. The SMILES string of the molecule is O=S(=O)(c1ccc(-c2ccno2)s1)N1CCCCCC1. The number of hydrogen-bond acceptors (Lipinski definition) is 5. The molecule has 1 aliphatic heterocycles. The molecule has 0 aromatic carbocycles. The van der Waals surface area contributed by atoms with Crippen LogP contribution in [0.2, 0.25) is 0 Å². The van der Waals surface area contributed by atoms with Gasteiger partial charge >= 0.3 is 0 Å². The van der Waals surface area contributed by atoms with Gasteiger partial charge in [-0.25, -0.2) is 8.42 Å². The van der Waals surface area contributed by atoms with Crippen LogP contribution in [0.3, 0.4) is 0 Å². The summed E-state index contributed by atoms with van der Waals surface area (Å²) in [6, 6.07) is 5.16. The van der Waals surface area contributed by atoms with Crippen molar-refractivity contribution in [1.82, 2.24) is 9.46 Å². The lowest BCUT2D eigenvalue weighted by Gasteiger charge is -2.18. The van der Waals surface area contributed by atoms with Crippen molar-refractivity contribution in [3.05, 3.63) is 24.4 Å². The van der Waals surface area contributed by atoms with E-state index in [0.29, 0.717) is 23.1 Å². The summed E-state index contributed by atoms with van der Waals surface area (Å²) in [5.41, 5.74) is 0. The minimum atomic E-state index is -3.37. The van der Waals surface area contributed by atoms with Crippen LogP contribution in [0.25, 0.3) is 10.6 Å². The smallest absolute Gasteiger partial charge is 0.252 e. The Morgan fingerprint density at radius 3 is 2.50 bits per heavy atom. The van der Waals surface area contributed by atoms with Gasteiger partial charge in [0.15, 0.2) is 5.76 Å². The maximum atomic E-state index is 12.6. The molecule has 20 heavy (non-hydrogen) atoms. The Morgan fingerprint density at radius 1 is 1.10 bits per heavy atom. The third kappa shape index (κ3) is 2.65. The van der Waals surface area contributed by atoms with E-state index in [1.807, 2.05) is 0 Å². The Morgan fingerprint density at radius 2 is 1.85 bits per heavy atom. The first-order chi connectivity index (χ1) is 9.68. The minimum absolute atomic E-state index is 0.380. The summed E-state index contributed by atoms with van der Waals surface area (Å²) in [6.07, 6.45) is 5.66. The van der Waals surface area contributed by atoms with Crippen molar-refractivity contribution in [1.29, 1.82) is 0 Å². The second kappa shape index (κ2) is 5.67. The summed E-state index contributed by atoms with van der Waals surface area (Å²) < 4.78 is 32.3. The molecule has 1 aliphatic rings. The lowest BCUT2D eigenvalue weighted by atomic mass is 10.2. The molecule has 7 heteroatoms. The highest BCUT2D eigenvalue weighted by Gasteiger charge is 2.27. The van der Waals surface area contributed by atoms with Crippen LogP contribution >= 0.6 is 11.3 Å². The van der Waals surface area contributed by atoms with E-state index in [9.17, 15) is 8.42 Å². The lowest BCUT2D eigenvalue weighted by molar-refractivity contribution is 0.425. The standard InChI is InChI=1S/C13H16N2O3S2/c16-20(17,15-9-3-1-2-4-10-15)13-6-5-12(19-13)11-7-8-14-18-11/h5-8H,1-4,9-10H2. The van der Waals surface area contributed by atoms with Crippen molar-refractivity contribution in [2.45, 2.75) is 29.9 Å².